The number of amides is 1. The van der Waals surface area contributed by atoms with Crippen LogP contribution in [0.4, 0.5) is 0 Å². The van der Waals surface area contributed by atoms with Crippen molar-refractivity contribution in [1.82, 2.24) is 5.32 Å². The number of hydrogen-bond donors (Lipinski definition) is 2. The van der Waals surface area contributed by atoms with Gasteiger partial charge in [0.25, 0.3) is 0 Å². The Morgan fingerprint density at radius 1 is 1.38 bits per heavy atom. The average Bonchev–Trinajstić information content (AvgIpc) is 2.14. The Morgan fingerprint density at radius 2 is 2.00 bits per heavy atom. The zero-order valence-corrected chi connectivity index (χ0v) is 9.69. The van der Waals surface area contributed by atoms with Gasteiger partial charge in [0, 0.05) is 26.7 Å². The minimum atomic E-state index is 0.0282. The number of hydrogen-bond acceptors (Lipinski definition) is 3. The van der Waals surface area contributed by atoms with Crippen molar-refractivity contribution in [2.24, 2.45) is 0 Å². The van der Waals surface area contributed by atoms with E-state index < -0.39 is 0 Å². The smallest absolute Gasteiger partial charge is 0.216 e. The van der Waals surface area contributed by atoms with E-state index in [4.69, 9.17) is 4.74 Å². The van der Waals surface area contributed by atoms with Gasteiger partial charge >= 0.3 is 0 Å². The standard InChI is InChI=1S/C8H17NO2.CH4S/c1-3-6-11-7-4-5-9-8(2)10;1-2/h3-7H2,1-2H3,(H,9,10);2H,1H3. The van der Waals surface area contributed by atoms with Crippen molar-refractivity contribution in [2.45, 2.75) is 26.7 Å². The van der Waals surface area contributed by atoms with Crippen molar-refractivity contribution in [3.63, 3.8) is 0 Å². The van der Waals surface area contributed by atoms with Gasteiger partial charge in [-0.05, 0) is 19.1 Å². The lowest BCUT2D eigenvalue weighted by atomic mass is 10.4. The molecule has 0 aromatic carbocycles. The summed E-state index contributed by atoms with van der Waals surface area (Å²) in [5.74, 6) is 0.0282. The zero-order chi connectivity index (χ0) is 10.5. The third-order valence-electron chi connectivity index (χ3n) is 1.19. The highest BCUT2D eigenvalue weighted by atomic mass is 32.1. The number of carbonyl (C=O) groups is 1. The highest BCUT2D eigenvalue weighted by Gasteiger charge is 1.89. The van der Waals surface area contributed by atoms with E-state index >= 15 is 0 Å². The molecule has 3 nitrogen and oxygen atoms in total. The quantitative estimate of drug-likeness (QED) is 0.511. The second-order valence-corrected chi connectivity index (χ2v) is 2.45. The molecule has 0 aliphatic carbocycles. The van der Waals surface area contributed by atoms with Crippen molar-refractivity contribution in [3.8, 4) is 0 Å². The van der Waals surface area contributed by atoms with Crippen LogP contribution in [0.15, 0.2) is 0 Å². The second kappa shape index (κ2) is 14.3. The maximum Gasteiger partial charge on any atom is 0.216 e. The molecule has 0 heterocycles. The van der Waals surface area contributed by atoms with Crippen molar-refractivity contribution in [3.05, 3.63) is 0 Å². The Balaban J connectivity index is 0. The fourth-order valence-electron chi connectivity index (χ4n) is 0.685. The lowest BCUT2D eigenvalue weighted by molar-refractivity contribution is -0.119. The summed E-state index contributed by atoms with van der Waals surface area (Å²) in [4.78, 5) is 10.4. The number of ether oxygens (including phenoxy) is 1. The maximum atomic E-state index is 10.4. The van der Waals surface area contributed by atoms with Crippen molar-refractivity contribution in [1.29, 1.82) is 0 Å². The maximum absolute atomic E-state index is 10.4. The Kier molecular flexibility index (Phi) is 16.8. The molecule has 0 aromatic rings. The number of carbonyl (C=O) groups excluding carboxylic acids is 1. The minimum absolute atomic E-state index is 0.0282. The third-order valence-corrected chi connectivity index (χ3v) is 1.19. The molecule has 0 aliphatic rings. The van der Waals surface area contributed by atoms with Gasteiger partial charge in [0.15, 0.2) is 0 Å². The molecule has 1 N–H and O–H groups in total. The van der Waals surface area contributed by atoms with Gasteiger partial charge < -0.3 is 10.1 Å². The largest absolute Gasteiger partial charge is 0.381 e. The van der Waals surface area contributed by atoms with Gasteiger partial charge in [0.1, 0.15) is 0 Å². The van der Waals surface area contributed by atoms with Crippen LogP contribution in [0.2, 0.25) is 0 Å². The van der Waals surface area contributed by atoms with E-state index in [1.54, 1.807) is 6.26 Å². The lowest BCUT2D eigenvalue weighted by Crippen LogP contribution is -2.21. The molecular formula is C9H21NO2S. The van der Waals surface area contributed by atoms with Crippen LogP contribution in [0, 0.1) is 0 Å². The van der Waals surface area contributed by atoms with Gasteiger partial charge in [-0.25, -0.2) is 0 Å². The molecule has 0 rings (SSSR count). The van der Waals surface area contributed by atoms with Crippen LogP contribution < -0.4 is 5.32 Å². The molecule has 0 spiro atoms. The molecule has 4 heteroatoms. The number of thiol groups is 1. The molecule has 0 fully saturated rings. The SMILES string of the molecule is CCCOCCCNC(C)=O.CS. The first-order valence-corrected chi connectivity index (χ1v) is 5.43. The van der Waals surface area contributed by atoms with Crippen LogP contribution in [0.3, 0.4) is 0 Å². The van der Waals surface area contributed by atoms with Gasteiger partial charge in [0.05, 0.1) is 0 Å². The molecule has 13 heavy (non-hydrogen) atoms. The van der Waals surface area contributed by atoms with E-state index in [1.807, 2.05) is 0 Å². The summed E-state index contributed by atoms with van der Waals surface area (Å²) < 4.78 is 5.21. The van der Waals surface area contributed by atoms with Gasteiger partial charge in [0.2, 0.25) is 5.91 Å². The Bertz CT molecular complexity index is 110. The molecule has 0 aromatic heterocycles. The first kappa shape index (κ1) is 15.3. The average molecular weight is 207 g/mol. The fraction of sp³-hybridized carbons (Fsp3) is 0.889. The highest BCUT2D eigenvalue weighted by molar-refractivity contribution is 7.79. The van der Waals surface area contributed by atoms with Gasteiger partial charge in [-0.2, -0.15) is 12.6 Å². The monoisotopic (exact) mass is 207 g/mol. The first-order valence-electron chi connectivity index (χ1n) is 4.54. The van der Waals surface area contributed by atoms with Crippen LogP contribution >= 0.6 is 12.6 Å². The van der Waals surface area contributed by atoms with E-state index in [1.165, 1.54) is 6.92 Å². The van der Waals surface area contributed by atoms with Gasteiger partial charge in [-0.1, -0.05) is 6.92 Å². The summed E-state index contributed by atoms with van der Waals surface area (Å²) in [6.45, 7) is 5.88. The Labute approximate surface area is 86.6 Å². The minimum Gasteiger partial charge on any atom is -0.381 e. The van der Waals surface area contributed by atoms with Crippen LogP contribution in [-0.4, -0.2) is 31.9 Å². The summed E-state index contributed by atoms with van der Waals surface area (Å²) in [7, 11) is 0. The fourth-order valence-corrected chi connectivity index (χ4v) is 0.685. The summed E-state index contributed by atoms with van der Waals surface area (Å²) in [6, 6.07) is 0. The van der Waals surface area contributed by atoms with Crippen molar-refractivity contribution in [2.75, 3.05) is 26.0 Å². The molecule has 0 radical (unpaired) electrons. The third kappa shape index (κ3) is 18.6. The van der Waals surface area contributed by atoms with Crippen LogP contribution in [0.5, 0.6) is 0 Å². The van der Waals surface area contributed by atoms with E-state index in [0.717, 1.165) is 32.6 Å². The molecular weight excluding hydrogens is 186 g/mol. The molecule has 0 saturated carbocycles. The molecule has 0 bridgehead atoms. The molecule has 0 unspecified atom stereocenters. The Hall–Kier alpha value is -0.220. The van der Waals surface area contributed by atoms with Crippen LogP contribution in [-0.2, 0) is 9.53 Å². The number of rotatable bonds is 6. The second-order valence-electron chi connectivity index (χ2n) is 2.45. The normalized spacial score (nSPS) is 8.62. The van der Waals surface area contributed by atoms with E-state index in [2.05, 4.69) is 24.9 Å². The summed E-state index contributed by atoms with van der Waals surface area (Å²) in [5.41, 5.74) is 0. The topological polar surface area (TPSA) is 38.3 Å². The van der Waals surface area contributed by atoms with E-state index in [9.17, 15) is 4.79 Å². The summed E-state index contributed by atoms with van der Waals surface area (Å²) >= 11 is 3.53. The van der Waals surface area contributed by atoms with Gasteiger partial charge in [-0.15, -0.1) is 0 Å². The van der Waals surface area contributed by atoms with Crippen LogP contribution in [0.25, 0.3) is 0 Å². The zero-order valence-electron chi connectivity index (χ0n) is 8.80. The predicted octanol–water partition coefficient (Wildman–Crippen LogP) is 1.49. The Morgan fingerprint density at radius 3 is 2.46 bits per heavy atom. The van der Waals surface area contributed by atoms with Gasteiger partial charge in [-0.3, -0.25) is 4.79 Å². The molecule has 1 amide bonds. The molecule has 0 saturated heterocycles. The molecule has 0 aliphatic heterocycles. The molecule has 0 atom stereocenters. The highest BCUT2D eigenvalue weighted by Crippen LogP contribution is 1.83. The molecule has 80 valence electrons. The van der Waals surface area contributed by atoms with E-state index in [-0.39, 0.29) is 5.91 Å². The summed E-state index contributed by atoms with van der Waals surface area (Å²) in [5, 5.41) is 2.70. The van der Waals surface area contributed by atoms with Crippen molar-refractivity contribution < 1.29 is 9.53 Å². The van der Waals surface area contributed by atoms with Crippen molar-refractivity contribution >= 4 is 18.5 Å². The predicted molar refractivity (Wildman–Crippen MR) is 59.3 cm³/mol. The van der Waals surface area contributed by atoms with E-state index in [0.29, 0.717) is 0 Å². The summed E-state index contributed by atoms with van der Waals surface area (Å²) in [6.07, 6.45) is 3.65. The first-order chi connectivity index (χ1) is 6.27. The number of nitrogens with one attached hydrogen (secondary N) is 1. The van der Waals surface area contributed by atoms with Crippen LogP contribution in [0.1, 0.15) is 26.7 Å². The lowest BCUT2D eigenvalue weighted by Gasteiger charge is -2.02.